The molecule has 1 aliphatic heterocycles. The van der Waals surface area contributed by atoms with Crippen LogP contribution in [0.3, 0.4) is 0 Å². The van der Waals surface area contributed by atoms with Crippen LogP contribution in [-0.4, -0.2) is 89.2 Å². The van der Waals surface area contributed by atoms with Crippen molar-refractivity contribution < 1.29 is 58.2 Å². The molecule has 0 radical (unpaired) electrons. The molecule has 0 aromatic carbocycles. The lowest BCUT2D eigenvalue weighted by molar-refractivity contribution is -0.301. The lowest BCUT2D eigenvalue weighted by atomic mass is 9.98. The second-order valence-corrected chi connectivity index (χ2v) is 21.3. The number of unbranched alkanes of at least 4 members (excludes halogenated alkanes) is 29. The monoisotopic (exact) mass is 1080 g/mol. The van der Waals surface area contributed by atoms with Gasteiger partial charge in [-0.3, -0.25) is 14.4 Å². The number of hydrogen-bond acceptors (Lipinski definition) is 11. The highest BCUT2D eigenvalue weighted by molar-refractivity contribution is 5.74. The van der Waals surface area contributed by atoms with Crippen molar-refractivity contribution >= 4 is 23.9 Å². The molecule has 6 unspecified atom stereocenters. The van der Waals surface area contributed by atoms with Crippen LogP contribution in [0.15, 0.2) is 60.8 Å². The van der Waals surface area contributed by atoms with Crippen LogP contribution in [0.4, 0.5) is 0 Å². The standard InChI is InChI=1S/C65H112O12/c1-4-7-10-13-16-19-22-25-27-28-29-30-32-35-38-41-44-47-50-53-59(68)76-63-61(70)60(69)62(64(71)72)77-65(63)74-55-56(75-58(67)52-49-46-43-40-37-33-24-21-18-15-12-9-6-3)54-73-57(66)51-48-45-42-39-36-34-31-26-23-20-17-14-11-8-5-2/h16-17,19-21,24-27,31,56,60-63,65,69-70H,4-15,18,22-23,28-30,32-55H2,1-3H3,(H,71,72)/b19-16-,20-17-,24-21-,27-25-,31-26-. The Labute approximate surface area is 468 Å². The van der Waals surface area contributed by atoms with Gasteiger partial charge in [-0.15, -0.1) is 0 Å². The van der Waals surface area contributed by atoms with Crippen LogP contribution >= 0.6 is 0 Å². The summed E-state index contributed by atoms with van der Waals surface area (Å²) in [6, 6.07) is 0. The van der Waals surface area contributed by atoms with Crippen LogP contribution in [0.25, 0.3) is 0 Å². The summed E-state index contributed by atoms with van der Waals surface area (Å²) >= 11 is 0. The minimum atomic E-state index is -1.91. The van der Waals surface area contributed by atoms with E-state index in [0.29, 0.717) is 19.3 Å². The van der Waals surface area contributed by atoms with Gasteiger partial charge in [-0.2, -0.15) is 0 Å². The summed E-state index contributed by atoms with van der Waals surface area (Å²) < 4.78 is 28.5. The molecule has 3 N–H and O–H groups in total. The van der Waals surface area contributed by atoms with Gasteiger partial charge < -0.3 is 39.0 Å². The molecule has 0 bridgehead atoms. The number of aliphatic hydroxyl groups is 2. The van der Waals surface area contributed by atoms with Crippen LogP contribution in [0.5, 0.6) is 0 Å². The summed E-state index contributed by atoms with van der Waals surface area (Å²) in [5.41, 5.74) is 0. The van der Waals surface area contributed by atoms with Gasteiger partial charge in [-0.1, -0.05) is 210 Å². The van der Waals surface area contributed by atoms with Gasteiger partial charge in [0.1, 0.15) is 18.8 Å². The zero-order valence-corrected chi connectivity index (χ0v) is 49.0. The fourth-order valence-corrected chi connectivity index (χ4v) is 9.19. The lowest BCUT2D eigenvalue weighted by Gasteiger charge is -2.40. The molecule has 0 spiro atoms. The molecule has 1 saturated heterocycles. The van der Waals surface area contributed by atoms with Gasteiger partial charge >= 0.3 is 23.9 Å². The fraction of sp³-hybridized carbons (Fsp3) is 0.785. The average molecular weight is 1090 g/mol. The summed E-state index contributed by atoms with van der Waals surface area (Å²) in [6.07, 6.45) is 53.2. The molecule has 0 aromatic rings. The predicted octanol–water partition coefficient (Wildman–Crippen LogP) is 16.3. The van der Waals surface area contributed by atoms with Gasteiger partial charge in [0.2, 0.25) is 0 Å². The smallest absolute Gasteiger partial charge is 0.335 e. The number of carbonyl (C=O) groups excluding carboxylic acids is 3. The van der Waals surface area contributed by atoms with E-state index in [1.807, 2.05) is 0 Å². The number of carbonyl (C=O) groups is 4. The fourth-order valence-electron chi connectivity index (χ4n) is 9.19. The molecule has 77 heavy (non-hydrogen) atoms. The SMILES string of the molecule is CCCCC/C=C\C/C=C\CCCCCCCCCCCC(=O)OC1C(OCC(COC(=O)CCCCCCC/C=C\C/C=C\CCCCC)OC(=O)CCCCCCC/C=C\CCCCCC)OC(C(=O)O)C(O)C1O. The summed E-state index contributed by atoms with van der Waals surface area (Å²) in [4.78, 5) is 51.2. The number of ether oxygens (including phenoxy) is 5. The van der Waals surface area contributed by atoms with Crippen LogP contribution in [0, 0.1) is 0 Å². The van der Waals surface area contributed by atoms with Gasteiger partial charge in [-0.25, -0.2) is 4.79 Å². The summed E-state index contributed by atoms with van der Waals surface area (Å²) in [7, 11) is 0. The van der Waals surface area contributed by atoms with Crippen molar-refractivity contribution in [1.29, 1.82) is 0 Å². The molecule has 1 heterocycles. The second-order valence-electron chi connectivity index (χ2n) is 21.3. The van der Waals surface area contributed by atoms with Crippen LogP contribution < -0.4 is 0 Å². The van der Waals surface area contributed by atoms with Crippen molar-refractivity contribution in [3.63, 3.8) is 0 Å². The maximum absolute atomic E-state index is 13.1. The summed E-state index contributed by atoms with van der Waals surface area (Å²) in [5, 5.41) is 31.5. The van der Waals surface area contributed by atoms with Crippen LogP contribution in [-0.2, 0) is 42.9 Å². The Balaban J connectivity index is 2.66. The first-order valence-corrected chi connectivity index (χ1v) is 31.3. The third-order valence-corrected chi connectivity index (χ3v) is 14.0. The number of aliphatic hydroxyl groups excluding tert-OH is 2. The number of allylic oxidation sites excluding steroid dienone is 10. The zero-order chi connectivity index (χ0) is 56.1. The Kier molecular flexibility index (Phi) is 49.2. The second kappa shape index (κ2) is 53.1. The number of aliphatic carboxylic acids is 1. The maximum Gasteiger partial charge on any atom is 0.335 e. The van der Waals surface area contributed by atoms with Gasteiger partial charge in [0.15, 0.2) is 24.6 Å². The first kappa shape index (κ1) is 71.4. The molecule has 0 amide bonds. The quantitative estimate of drug-likeness (QED) is 0.0228. The molecule has 444 valence electrons. The molecule has 12 nitrogen and oxygen atoms in total. The molecule has 1 fully saturated rings. The van der Waals surface area contributed by atoms with E-state index in [1.54, 1.807) is 0 Å². The predicted molar refractivity (Wildman–Crippen MR) is 312 cm³/mol. The number of esters is 3. The molecular weight excluding hydrogens is 973 g/mol. The van der Waals surface area contributed by atoms with E-state index in [0.717, 1.165) is 122 Å². The number of carboxylic acid groups (broad SMARTS) is 1. The van der Waals surface area contributed by atoms with E-state index in [-0.39, 0.29) is 25.9 Å². The van der Waals surface area contributed by atoms with Crippen molar-refractivity contribution in [3.05, 3.63) is 60.8 Å². The summed E-state index contributed by atoms with van der Waals surface area (Å²) in [5.74, 6) is -3.14. The average Bonchev–Trinajstić information content (AvgIpc) is 3.42. The molecule has 0 aromatic heterocycles. The first-order valence-electron chi connectivity index (χ1n) is 31.3. The normalized spacial score (nSPS) is 18.4. The Bertz CT molecular complexity index is 1570. The molecule has 0 aliphatic carbocycles. The van der Waals surface area contributed by atoms with Crippen molar-refractivity contribution in [2.75, 3.05) is 13.2 Å². The van der Waals surface area contributed by atoms with Crippen molar-refractivity contribution in [3.8, 4) is 0 Å². The molecular formula is C65H112O12. The van der Waals surface area contributed by atoms with E-state index in [9.17, 15) is 34.5 Å². The number of rotatable bonds is 53. The molecule has 0 saturated carbocycles. The Morgan fingerprint density at radius 2 is 0.779 bits per heavy atom. The number of carboxylic acids is 1. The maximum atomic E-state index is 13.1. The highest BCUT2D eigenvalue weighted by atomic mass is 16.7. The van der Waals surface area contributed by atoms with Crippen molar-refractivity contribution in [1.82, 2.24) is 0 Å². The molecule has 6 atom stereocenters. The topological polar surface area (TPSA) is 175 Å². The lowest BCUT2D eigenvalue weighted by Crippen LogP contribution is -2.61. The Morgan fingerprint density at radius 3 is 1.21 bits per heavy atom. The van der Waals surface area contributed by atoms with E-state index < -0.39 is 67.3 Å². The third-order valence-electron chi connectivity index (χ3n) is 14.0. The van der Waals surface area contributed by atoms with Gasteiger partial charge in [0.05, 0.1) is 6.61 Å². The van der Waals surface area contributed by atoms with E-state index in [2.05, 4.69) is 81.5 Å². The minimum absolute atomic E-state index is 0.0533. The molecule has 1 rings (SSSR count). The van der Waals surface area contributed by atoms with Gasteiger partial charge in [0.25, 0.3) is 0 Å². The molecule has 12 heteroatoms. The van der Waals surface area contributed by atoms with Crippen LogP contribution in [0.1, 0.15) is 278 Å². The Hall–Kier alpha value is -3.58. The van der Waals surface area contributed by atoms with Crippen LogP contribution in [0.2, 0.25) is 0 Å². The third kappa shape index (κ3) is 43.0. The largest absolute Gasteiger partial charge is 0.479 e. The van der Waals surface area contributed by atoms with E-state index in [1.165, 1.54) is 96.3 Å². The first-order chi connectivity index (χ1) is 37.6. The molecule has 1 aliphatic rings. The highest BCUT2D eigenvalue weighted by Crippen LogP contribution is 2.26. The summed E-state index contributed by atoms with van der Waals surface area (Å²) in [6.45, 7) is 5.93. The van der Waals surface area contributed by atoms with E-state index >= 15 is 0 Å². The minimum Gasteiger partial charge on any atom is -0.479 e. The zero-order valence-electron chi connectivity index (χ0n) is 49.0. The number of hydrogen-bond donors (Lipinski definition) is 3. The van der Waals surface area contributed by atoms with Gasteiger partial charge in [-0.05, 0) is 109 Å². The highest BCUT2D eigenvalue weighted by Gasteiger charge is 2.50. The van der Waals surface area contributed by atoms with Gasteiger partial charge in [0, 0.05) is 19.3 Å². The van der Waals surface area contributed by atoms with Crippen molar-refractivity contribution in [2.45, 2.75) is 314 Å². The van der Waals surface area contributed by atoms with Crippen molar-refractivity contribution in [2.24, 2.45) is 0 Å². The Morgan fingerprint density at radius 1 is 0.429 bits per heavy atom. The van der Waals surface area contributed by atoms with E-state index in [4.69, 9.17) is 23.7 Å².